The van der Waals surface area contributed by atoms with Crippen LogP contribution in [0.25, 0.3) is 0 Å². The molecule has 0 N–H and O–H groups in total. The van der Waals surface area contributed by atoms with Crippen molar-refractivity contribution in [2.24, 2.45) is 10.9 Å². The van der Waals surface area contributed by atoms with Crippen LogP contribution in [0.3, 0.4) is 0 Å². The number of amidine groups is 1. The van der Waals surface area contributed by atoms with Gasteiger partial charge in [-0.3, -0.25) is 4.90 Å². The molecule has 0 aliphatic carbocycles. The third-order valence-electron chi connectivity index (χ3n) is 8.67. The number of ether oxygens (including phenoxy) is 1. The number of fused-ring (bicyclic) bond motifs is 1. The first-order chi connectivity index (χ1) is 20.7. The lowest BCUT2D eigenvalue weighted by Crippen LogP contribution is -2.55. The van der Waals surface area contributed by atoms with E-state index in [1.807, 2.05) is 13.0 Å². The van der Waals surface area contributed by atoms with E-state index < -0.39 is 0 Å². The maximum absolute atomic E-state index is 14.8. The Morgan fingerprint density at radius 3 is 2.74 bits per heavy atom. The van der Waals surface area contributed by atoms with E-state index in [4.69, 9.17) is 21.3 Å². The van der Waals surface area contributed by atoms with Gasteiger partial charge in [-0.1, -0.05) is 62.2 Å². The molecule has 2 aromatic carbocycles. The van der Waals surface area contributed by atoms with E-state index in [0.29, 0.717) is 22.5 Å². The van der Waals surface area contributed by atoms with Gasteiger partial charge in [-0.2, -0.15) is 0 Å². The van der Waals surface area contributed by atoms with Crippen LogP contribution < -0.4 is 9.64 Å². The molecule has 2 heterocycles. The van der Waals surface area contributed by atoms with E-state index in [1.54, 1.807) is 12.1 Å². The zero-order valence-electron chi connectivity index (χ0n) is 27.0. The molecule has 0 radical (unpaired) electrons. The molecular weight excluding hydrogens is 559 g/mol. The first kappa shape index (κ1) is 33.1. The molecule has 0 aromatic heterocycles. The van der Waals surface area contributed by atoms with Gasteiger partial charge in [0.1, 0.15) is 23.5 Å². The largest absolute Gasteiger partial charge is 0.483 e. The Bertz CT molecular complexity index is 1310. The van der Waals surface area contributed by atoms with E-state index in [1.165, 1.54) is 24.5 Å². The predicted octanol–water partition coefficient (Wildman–Crippen LogP) is 8.69. The highest BCUT2D eigenvalue weighted by Crippen LogP contribution is 2.42. The minimum absolute atomic E-state index is 0.306. The lowest BCUT2D eigenvalue weighted by atomic mass is 9.96. The van der Waals surface area contributed by atoms with E-state index in [9.17, 15) is 4.39 Å². The number of nitrogens with zero attached hydrogens (tertiary/aromatic N) is 4. The molecule has 1 fully saturated rings. The molecule has 3 atom stereocenters. The number of aliphatic imine (C=N–C) groups is 1. The van der Waals surface area contributed by atoms with Crippen molar-refractivity contribution in [3.63, 3.8) is 0 Å². The number of likely N-dealkylation sites (N-methyl/N-ethyl adjacent to an activating group) is 1. The molecule has 0 saturated carbocycles. The van der Waals surface area contributed by atoms with Crippen LogP contribution in [0.1, 0.15) is 78.0 Å². The summed E-state index contributed by atoms with van der Waals surface area (Å²) in [6.45, 7) is 18.8. The fourth-order valence-electron chi connectivity index (χ4n) is 6.31. The van der Waals surface area contributed by atoms with Crippen LogP contribution in [0.15, 0.2) is 65.3 Å². The summed E-state index contributed by atoms with van der Waals surface area (Å²) >= 11 is 6.02. The molecule has 5 nitrogen and oxygen atoms in total. The molecule has 1 saturated heterocycles. The van der Waals surface area contributed by atoms with Gasteiger partial charge in [0, 0.05) is 55.0 Å². The Morgan fingerprint density at radius 1 is 1.23 bits per heavy atom. The first-order valence-electron chi connectivity index (χ1n) is 16.1. The maximum Gasteiger partial charge on any atom is 0.146 e. The minimum Gasteiger partial charge on any atom is -0.483 e. The maximum atomic E-state index is 14.8. The lowest BCUT2D eigenvalue weighted by Gasteiger charge is -2.43. The van der Waals surface area contributed by atoms with Crippen molar-refractivity contribution < 1.29 is 9.13 Å². The Labute approximate surface area is 264 Å². The Hall–Kier alpha value is -2.83. The zero-order chi connectivity index (χ0) is 30.9. The number of allylic oxidation sites excluding steroid dienone is 4. The van der Waals surface area contributed by atoms with Crippen molar-refractivity contribution >= 4 is 23.1 Å². The summed E-state index contributed by atoms with van der Waals surface area (Å²) in [6.07, 6.45) is 9.89. The number of benzene rings is 2. The third-order valence-corrected chi connectivity index (χ3v) is 8.90. The Balaban J connectivity index is 1.51. The van der Waals surface area contributed by atoms with Gasteiger partial charge >= 0.3 is 0 Å². The molecule has 2 aliphatic heterocycles. The second-order valence-electron chi connectivity index (χ2n) is 12.1. The summed E-state index contributed by atoms with van der Waals surface area (Å²) in [5, 5.41) is 0.403. The molecule has 0 amide bonds. The lowest BCUT2D eigenvalue weighted by molar-refractivity contribution is 0.170. The normalized spacial score (nSPS) is 20.7. The van der Waals surface area contributed by atoms with Gasteiger partial charge < -0.3 is 14.5 Å². The number of para-hydroxylation sites is 1. The van der Waals surface area contributed by atoms with Gasteiger partial charge in [-0.25, -0.2) is 9.38 Å². The highest BCUT2D eigenvalue weighted by atomic mass is 35.5. The molecule has 0 spiro atoms. The minimum atomic E-state index is -0.322. The van der Waals surface area contributed by atoms with Crippen LogP contribution in [0.5, 0.6) is 5.75 Å². The highest BCUT2D eigenvalue weighted by molar-refractivity contribution is 6.30. The highest BCUT2D eigenvalue weighted by Gasteiger charge is 2.31. The zero-order valence-corrected chi connectivity index (χ0v) is 27.7. The van der Waals surface area contributed by atoms with Crippen molar-refractivity contribution in [2.45, 2.75) is 79.4 Å². The summed E-state index contributed by atoms with van der Waals surface area (Å²) in [6, 6.07) is 11.6. The molecule has 2 aromatic rings. The van der Waals surface area contributed by atoms with Gasteiger partial charge in [0.25, 0.3) is 0 Å². The van der Waals surface area contributed by atoms with Gasteiger partial charge in [0.05, 0.1) is 12.2 Å². The van der Waals surface area contributed by atoms with Crippen LogP contribution in [0.2, 0.25) is 5.02 Å². The van der Waals surface area contributed by atoms with Crippen molar-refractivity contribution in [3.8, 4) is 5.75 Å². The van der Waals surface area contributed by atoms with E-state index in [2.05, 4.69) is 79.7 Å². The SMILES string of the molecule is C/C=C/C=C(C)/N=C(/CN1CCN(c2cccc3c2OC(c2ccc(Cl)cc2F)CC3)CC1C)N(CC)CC(C)CCC. The second-order valence-corrected chi connectivity index (χ2v) is 12.6. The quantitative estimate of drug-likeness (QED) is 0.145. The van der Waals surface area contributed by atoms with E-state index in [-0.39, 0.29) is 11.9 Å². The standard InChI is InChI=1S/C36H50ClFN4O/c1-7-10-13-27(5)39-35(40(9-3)23-26(4)12-8-2)25-41-20-21-42(24-28(41)6)33-15-11-14-29-16-19-34(43-36(29)33)31-18-17-30(37)22-32(31)38/h7,10-11,13-15,17-18,22,26,28,34H,8-9,12,16,19-21,23-25H2,1-6H3/b10-7+,27-13+,39-35-. The van der Waals surface area contributed by atoms with Crippen molar-refractivity contribution in [1.82, 2.24) is 9.80 Å². The van der Waals surface area contributed by atoms with Crippen molar-refractivity contribution in [3.05, 3.63) is 82.3 Å². The van der Waals surface area contributed by atoms with Gasteiger partial charge in [0.2, 0.25) is 0 Å². The average molecular weight is 609 g/mol. The molecule has 43 heavy (non-hydrogen) atoms. The third kappa shape index (κ3) is 8.63. The molecule has 3 unspecified atom stereocenters. The van der Waals surface area contributed by atoms with Gasteiger partial charge in [-0.05, 0) is 82.7 Å². The number of anilines is 1. The van der Waals surface area contributed by atoms with Gasteiger partial charge in [0.15, 0.2) is 0 Å². The van der Waals surface area contributed by atoms with E-state index in [0.717, 1.165) is 75.1 Å². The van der Waals surface area contributed by atoms with Crippen LogP contribution in [0.4, 0.5) is 10.1 Å². The summed E-state index contributed by atoms with van der Waals surface area (Å²) < 4.78 is 21.3. The molecule has 7 heteroatoms. The Kier molecular flexibility index (Phi) is 12.1. The summed E-state index contributed by atoms with van der Waals surface area (Å²) in [7, 11) is 0. The number of aryl methyl sites for hydroxylation is 1. The van der Waals surface area contributed by atoms with E-state index >= 15 is 0 Å². The van der Waals surface area contributed by atoms with Crippen LogP contribution in [-0.4, -0.2) is 60.9 Å². The number of hydrogen-bond acceptors (Lipinski definition) is 4. The topological polar surface area (TPSA) is 31.3 Å². The van der Waals surface area contributed by atoms with Crippen molar-refractivity contribution in [2.75, 3.05) is 44.2 Å². The first-order valence-corrected chi connectivity index (χ1v) is 16.5. The second kappa shape index (κ2) is 15.8. The number of halogens is 2. The molecule has 4 rings (SSSR count). The molecule has 2 aliphatic rings. The monoisotopic (exact) mass is 608 g/mol. The molecular formula is C36H50ClFN4O. The number of rotatable bonds is 11. The summed E-state index contributed by atoms with van der Waals surface area (Å²) in [5.74, 6) is 2.36. The Morgan fingerprint density at radius 2 is 2.05 bits per heavy atom. The van der Waals surface area contributed by atoms with Crippen LogP contribution in [-0.2, 0) is 6.42 Å². The fourth-order valence-corrected chi connectivity index (χ4v) is 6.47. The van der Waals surface area contributed by atoms with Crippen LogP contribution >= 0.6 is 11.6 Å². The predicted molar refractivity (Wildman–Crippen MR) is 180 cm³/mol. The fraction of sp³-hybridized carbons (Fsp3) is 0.528. The van der Waals surface area contributed by atoms with Gasteiger partial charge in [-0.15, -0.1) is 0 Å². The van der Waals surface area contributed by atoms with Crippen molar-refractivity contribution in [1.29, 1.82) is 0 Å². The molecule has 0 bridgehead atoms. The average Bonchev–Trinajstić information content (AvgIpc) is 2.99. The summed E-state index contributed by atoms with van der Waals surface area (Å²) in [5.41, 5.74) is 3.89. The van der Waals surface area contributed by atoms with Crippen LogP contribution in [0, 0.1) is 11.7 Å². The smallest absolute Gasteiger partial charge is 0.146 e. The number of hydrogen-bond donors (Lipinski definition) is 0. The number of piperazine rings is 1. The summed E-state index contributed by atoms with van der Waals surface area (Å²) in [4.78, 5) is 12.6. The molecule has 234 valence electrons.